The van der Waals surface area contributed by atoms with Crippen LogP contribution in [0, 0.1) is 0 Å². The van der Waals surface area contributed by atoms with E-state index in [0.29, 0.717) is 28.4 Å². The lowest BCUT2D eigenvalue weighted by Crippen LogP contribution is -2.15. The number of rotatable bonds is 4. The van der Waals surface area contributed by atoms with Crippen LogP contribution in [0.1, 0.15) is 13.3 Å². The Bertz CT molecular complexity index is 1270. The van der Waals surface area contributed by atoms with Crippen LogP contribution in [0.4, 0.5) is 5.69 Å². The average Bonchev–Trinajstić information content (AvgIpc) is 3.11. The van der Waals surface area contributed by atoms with Crippen LogP contribution in [0.15, 0.2) is 71.8 Å². The van der Waals surface area contributed by atoms with E-state index in [0.717, 1.165) is 9.47 Å². The van der Waals surface area contributed by atoms with Crippen LogP contribution in [-0.4, -0.2) is 23.5 Å². The van der Waals surface area contributed by atoms with Crippen molar-refractivity contribution in [2.45, 2.75) is 18.2 Å². The fourth-order valence-corrected chi connectivity index (χ4v) is 4.52. The summed E-state index contributed by atoms with van der Waals surface area (Å²) in [6.45, 7) is 1.75. The third-order valence-electron chi connectivity index (χ3n) is 4.40. The molecule has 136 valence electrons. The second-order valence-corrected chi connectivity index (χ2v) is 7.88. The standard InChI is InChI=1S/C20H17N3O3S/c1-2-20(24)22-16-11-10-15-13-21-23(18(15)12-16)27(25,26)19-9-5-7-14-6-3-4-8-17(14)19/h3-13H,2H2,1H3,(H,22,24). The first kappa shape index (κ1) is 17.2. The highest BCUT2D eigenvalue weighted by atomic mass is 32.2. The smallest absolute Gasteiger partial charge is 0.284 e. The largest absolute Gasteiger partial charge is 0.326 e. The van der Waals surface area contributed by atoms with Gasteiger partial charge in [0.25, 0.3) is 10.0 Å². The summed E-state index contributed by atoms with van der Waals surface area (Å²) in [5, 5.41) is 9.00. The van der Waals surface area contributed by atoms with E-state index in [9.17, 15) is 13.2 Å². The molecule has 0 aliphatic rings. The first-order chi connectivity index (χ1) is 13.0. The van der Waals surface area contributed by atoms with E-state index in [1.54, 1.807) is 49.4 Å². The summed E-state index contributed by atoms with van der Waals surface area (Å²) in [6.07, 6.45) is 1.84. The van der Waals surface area contributed by atoms with Crippen molar-refractivity contribution < 1.29 is 13.2 Å². The topological polar surface area (TPSA) is 81.1 Å². The highest BCUT2D eigenvalue weighted by Crippen LogP contribution is 2.28. The number of hydrogen-bond acceptors (Lipinski definition) is 4. The van der Waals surface area contributed by atoms with Gasteiger partial charge in [0.1, 0.15) is 0 Å². The molecule has 0 saturated carbocycles. The minimum absolute atomic E-state index is 0.141. The van der Waals surface area contributed by atoms with E-state index in [1.165, 1.54) is 6.20 Å². The van der Waals surface area contributed by atoms with Gasteiger partial charge in [-0.15, -0.1) is 0 Å². The van der Waals surface area contributed by atoms with Crippen molar-refractivity contribution in [1.29, 1.82) is 0 Å². The minimum atomic E-state index is -3.91. The SMILES string of the molecule is CCC(=O)Nc1ccc2cnn(S(=O)(=O)c3cccc4ccccc34)c2c1. The monoisotopic (exact) mass is 379 g/mol. The van der Waals surface area contributed by atoms with Gasteiger partial charge in [-0.05, 0) is 29.7 Å². The number of benzene rings is 3. The van der Waals surface area contributed by atoms with Gasteiger partial charge in [-0.25, -0.2) is 0 Å². The molecule has 0 unspecified atom stereocenters. The second-order valence-electron chi connectivity index (χ2n) is 6.15. The van der Waals surface area contributed by atoms with E-state index in [-0.39, 0.29) is 10.8 Å². The third-order valence-corrected chi connectivity index (χ3v) is 6.06. The van der Waals surface area contributed by atoms with Crippen molar-refractivity contribution in [2.75, 3.05) is 5.32 Å². The normalized spacial score (nSPS) is 11.7. The van der Waals surface area contributed by atoms with Gasteiger partial charge in [0, 0.05) is 22.9 Å². The number of nitrogens with one attached hydrogen (secondary N) is 1. The van der Waals surface area contributed by atoms with Crippen LogP contribution < -0.4 is 5.32 Å². The van der Waals surface area contributed by atoms with E-state index in [2.05, 4.69) is 10.4 Å². The fraction of sp³-hybridized carbons (Fsp3) is 0.100. The maximum absolute atomic E-state index is 13.3. The second kappa shape index (κ2) is 6.51. The quantitative estimate of drug-likeness (QED) is 0.585. The fourth-order valence-electron chi connectivity index (χ4n) is 3.03. The lowest BCUT2D eigenvalue weighted by atomic mass is 10.1. The van der Waals surface area contributed by atoms with E-state index >= 15 is 0 Å². The molecule has 0 spiro atoms. The molecule has 3 aromatic carbocycles. The van der Waals surface area contributed by atoms with Gasteiger partial charge in [0.15, 0.2) is 0 Å². The van der Waals surface area contributed by atoms with Crippen LogP contribution in [0.3, 0.4) is 0 Å². The first-order valence-corrected chi connectivity index (χ1v) is 9.95. The summed E-state index contributed by atoms with van der Waals surface area (Å²) < 4.78 is 27.7. The molecule has 1 aromatic heterocycles. The predicted octanol–water partition coefficient (Wildman–Crippen LogP) is 3.78. The maximum atomic E-state index is 13.3. The van der Waals surface area contributed by atoms with Crippen LogP contribution >= 0.6 is 0 Å². The highest BCUT2D eigenvalue weighted by molar-refractivity contribution is 7.90. The number of amides is 1. The molecule has 0 saturated heterocycles. The number of aromatic nitrogens is 2. The Kier molecular flexibility index (Phi) is 4.16. The van der Waals surface area contributed by atoms with Crippen molar-refractivity contribution in [1.82, 2.24) is 9.19 Å². The summed E-state index contributed by atoms with van der Waals surface area (Å²) >= 11 is 0. The van der Waals surface area contributed by atoms with Gasteiger partial charge in [0.05, 0.1) is 16.6 Å². The van der Waals surface area contributed by atoms with Crippen LogP contribution in [0.2, 0.25) is 0 Å². The summed E-state index contributed by atoms with van der Waals surface area (Å²) in [6, 6.07) is 17.6. The van der Waals surface area contributed by atoms with Gasteiger partial charge < -0.3 is 5.32 Å². The van der Waals surface area contributed by atoms with Crippen LogP contribution in [-0.2, 0) is 14.8 Å². The molecule has 4 aromatic rings. The molecule has 1 amide bonds. The molecule has 0 fully saturated rings. The van der Waals surface area contributed by atoms with Gasteiger partial charge in [0.2, 0.25) is 5.91 Å². The zero-order valence-corrected chi connectivity index (χ0v) is 15.4. The van der Waals surface area contributed by atoms with E-state index in [1.807, 2.05) is 18.2 Å². The Morgan fingerprint density at radius 3 is 2.63 bits per heavy atom. The molecule has 0 aliphatic carbocycles. The molecule has 0 atom stereocenters. The molecule has 0 bridgehead atoms. The molecule has 7 heteroatoms. The molecule has 27 heavy (non-hydrogen) atoms. The zero-order chi connectivity index (χ0) is 19.0. The van der Waals surface area contributed by atoms with Crippen molar-refractivity contribution in [2.24, 2.45) is 0 Å². The summed E-state index contributed by atoms with van der Waals surface area (Å²) in [4.78, 5) is 11.8. The number of nitrogens with zero attached hydrogens (tertiary/aromatic N) is 2. The Morgan fingerprint density at radius 2 is 1.81 bits per heavy atom. The Hall–Kier alpha value is -3.19. The predicted molar refractivity (Wildman–Crippen MR) is 105 cm³/mol. The molecule has 6 nitrogen and oxygen atoms in total. The van der Waals surface area contributed by atoms with Crippen LogP contribution in [0.25, 0.3) is 21.7 Å². The van der Waals surface area contributed by atoms with Gasteiger partial charge in [-0.3, -0.25) is 4.79 Å². The number of carbonyl (C=O) groups excluding carboxylic acids is 1. The third kappa shape index (κ3) is 2.96. The first-order valence-electron chi connectivity index (χ1n) is 8.51. The maximum Gasteiger partial charge on any atom is 0.284 e. The van der Waals surface area contributed by atoms with Crippen molar-refractivity contribution in [3.8, 4) is 0 Å². The van der Waals surface area contributed by atoms with Gasteiger partial charge in [-0.1, -0.05) is 43.3 Å². The molecule has 1 heterocycles. The molecular weight excluding hydrogens is 362 g/mol. The van der Waals surface area contributed by atoms with Crippen molar-refractivity contribution in [3.63, 3.8) is 0 Å². The van der Waals surface area contributed by atoms with Gasteiger partial charge >= 0.3 is 0 Å². The molecule has 1 N–H and O–H groups in total. The Labute approximate surface area is 156 Å². The number of carbonyl (C=O) groups is 1. The lowest BCUT2D eigenvalue weighted by Gasteiger charge is -2.10. The average molecular weight is 379 g/mol. The van der Waals surface area contributed by atoms with E-state index < -0.39 is 10.0 Å². The Morgan fingerprint density at radius 1 is 1.04 bits per heavy atom. The van der Waals surface area contributed by atoms with E-state index in [4.69, 9.17) is 0 Å². The summed E-state index contributed by atoms with van der Waals surface area (Å²) in [5.41, 5.74) is 0.945. The molecular formula is C20H17N3O3S. The van der Waals surface area contributed by atoms with Gasteiger partial charge in [-0.2, -0.15) is 17.6 Å². The highest BCUT2D eigenvalue weighted by Gasteiger charge is 2.22. The van der Waals surface area contributed by atoms with Crippen molar-refractivity contribution in [3.05, 3.63) is 66.9 Å². The molecule has 0 aliphatic heterocycles. The Balaban J connectivity index is 1.90. The molecule has 4 rings (SSSR count). The number of fused-ring (bicyclic) bond motifs is 2. The zero-order valence-electron chi connectivity index (χ0n) is 14.6. The number of anilines is 1. The lowest BCUT2D eigenvalue weighted by molar-refractivity contribution is -0.115. The summed E-state index contributed by atoms with van der Waals surface area (Å²) in [7, 11) is -3.91. The van der Waals surface area contributed by atoms with Crippen molar-refractivity contribution >= 4 is 43.3 Å². The number of hydrogen-bond donors (Lipinski definition) is 1. The molecule has 0 radical (unpaired) electrons. The minimum Gasteiger partial charge on any atom is -0.326 e. The van der Waals surface area contributed by atoms with Crippen LogP contribution in [0.5, 0.6) is 0 Å². The summed E-state index contributed by atoms with van der Waals surface area (Å²) in [5.74, 6) is -0.141.